The minimum absolute atomic E-state index is 0.0368. The van der Waals surface area contributed by atoms with E-state index in [1.54, 1.807) is 28.0 Å². The van der Waals surface area contributed by atoms with Gasteiger partial charge in [-0.3, -0.25) is 4.79 Å². The number of benzene rings is 1. The van der Waals surface area contributed by atoms with E-state index in [4.69, 9.17) is 5.73 Å². The molecule has 2 saturated heterocycles. The van der Waals surface area contributed by atoms with Crippen LogP contribution in [-0.4, -0.2) is 54.0 Å². The lowest BCUT2D eigenvalue weighted by atomic mass is 10.1. The highest BCUT2D eigenvalue weighted by molar-refractivity contribution is 9.10. The summed E-state index contributed by atoms with van der Waals surface area (Å²) in [4.78, 5) is 27.6. The van der Waals surface area contributed by atoms with Crippen LogP contribution in [0.5, 0.6) is 0 Å². The second-order valence-corrected chi connectivity index (χ2v) is 5.93. The number of amides is 3. The molecule has 106 valence electrons. The molecule has 6 nitrogen and oxygen atoms in total. The summed E-state index contributed by atoms with van der Waals surface area (Å²) in [6.45, 7) is 2.25. The maximum atomic E-state index is 12.5. The summed E-state index contributed by atoms with van der Waals surface area (Å²) >= 11 is 3.33. The van der Waals surface area contributed by atoms with E-state index in [-0.39, 0.29) is 18.0 Å². The number of piperazine rings is 1. The number of nitrogens with two attached hydrogens (primary N) is 1. The van der Waals surface area contributed by atoms with Crippen LogP contribution < -0.4 is 11.1 Å². The van der Waals surface area contributed by atoms with E-state index in [2.05, 4.69) is 21.2 Å². The van der Waals surface area contributed by atoms with Crippen LogP contribution in [0.25, 0.3) is 0 Å². The molecule has 7 heteroatoms. The molecule has 3 N–H and O–H groups in total. The molecule has 1 atom stereocenters. The van der Waals surface area contributed by atoms with Gasteiger partial charge >= 0.3 is 6.03 Å². The lowest BCUT2D eigenvalue weighted by Gasteiger charge is -2.36. The average Bonchev–Trinajstić information content (AvgIpc) is 2.79. The first-order valence-corrected chi connectivity index (χ1v) is 7.24. The molecule has 0 spiro atoms. The van der Waals surface area contributed by atoms with Crippen molar-refractivity contribution in [2.24, 2.45) is 0 Å². The van der Waals surface area contributed by atoms with Gasteiger partial charge < -0.3 is 20.9 Å². The second kappa shape index (κ2) is 4.97. The van der Waals surface area contributed by atoms with Gasteiger partial charge in [0.25, 0.3) is 5.91 Å². The Labute approximate surface area is 125 Å². The highest BCUT2D eigenvalue weighted by Crippen LogP contribution is 2.22. The van der Waals surface area contributed by atoms with Gasteiger partial charge in [0.15, 0.2) is 0 Å². The van der Waals surface area contributed by atoms with E-state index in [9.17, 15) is 9.59 Å². The molecule has 0 radical (unpaired) electrons. The highest BCUT2D eigenvalue weighted by atomic mass is 79.9. The molecule has 1 aromatic rings. The Morgan fingerprint density at radius 1 is 1.40 bits per heavy atom. The predicted molar refractivity (Wildman–Crippen MR) is 78.4 cm³/mol. The number of carbonyl (C=O) groups excluding carboxylic acids is 2. The number of nitrogen functional groups attached to an aromatic ring is 1. The first-order valence-electron chi connectivity index (χ1n) is 6.45. The number of urea groups is 1. The van der Waals surface area contributed by atoms with Crippen molar-refractivity contribution >= 4 is 33.6 Å². The molecule has 20 heavy (non-hydrogen) atoms. The molecule has 0 aliphatic carbocycles. The summed E-state index contributed by atoms with van der Waals surface area (Å²) in [7, 11) is 0. The Morgan fingerprint density at radius 2 is 2.20 bits per heavy atom. The van der Waals surface area contributed by atoms with Crippen molar-refractivity contribution in [3.63, 3.8) is 0 Å². The number of fused-ring (bicyclic) bond motifs is 1. The van der Waals surface area contributed by atoms with E-state index < -0.39 is 0 Å². The zero-order valence-corrected chi connectivity index (χ0v) is 12.4. The summed E-state index contributed by atoms with van der Waals surface area (Å²) in [6.07, 6.45) is 0. The number of halogens is 1. The summed E-state index contributed by atoms with van der Waals surface area (Å²) in [6, 6.07) is 5.29. The average molecular weight is 339 g/mol. The number of hydrogen-bond donors (Lipinski definition) is 2. The van der Waals surface area contributed by atoms with Gasteiger partial charge in [-0.15, -0.1) is 0 Å². The van der Waals surface area contributed by atoms with Crippen LogP contribution in [0.3, 0.4) is 0 Å². The molecule has 2 aliphatic heterocycles. The third-order valence-corrected chi connectivity index (χ3v) is 4.26. The molecule has 2 heterocycles. The van der Waals surface area contributed by atoms with Crippen molar-refractivity contribution in [3.8, 4) is 0 Å². The van der Waals surface area contributed by atoms with Gasteiger partial charge in [0.2, 0.25) is 0 Å². The van der Waals surface area contributed by atoms with Crippen molar-refractivity contribution in [2.45, 2.75) is 6.04 Å². The van der Waals surface area contributed by atoms with Crippen LogP contribution in [0, 0.1) is 0 Å². The Balaban J connectivity index is 1.77. The molecular weight excluding hydrogens is 324 g/mol. The quantitative estimate of drug-likeness (QED) is 0.746. The topological polar surface area (TPSA) is 78.7 Å². The lowest BCUT2D eigenvalue weighted by molar-refractivity contribution is 0.0618. The molecule has 2 fully saturated rings. The SMILES string of the molecule is Nc1cc(Br)ccc1C(=O)N1CCN2C(=O)NCC2C1. The van der Waals surface area contributed by atoms with Crippen molar-refractivity contribution < 1.29 is 9.59 Å². The van der Waals surface area contributed by atoms with Crippen LogP contribution in [-0.2, 0) is 0 Å². The number of nitrogens with one attached hydrogen (secondary N) is 1. The normalized spacial score (nSPS) is 21.6. The molecule has 0 bridgehead atoms. The fourth-order valence-corrected chi connectivity index (χ4v) is 3.07. The van der Waals surface area contributed by atoms with Crippen molar-refractivity contribution in [1.82, 2.24) is 15.1 Å². The molecule has 1 aromatic carbocycles. The van der Waals surface area contributed by atoms with Gasteiger partial charge in [-0.05, 0) is 18.2 Å². The third-order valence-electron chi connectivity index (χ3n) is 3.76. The van der Waals surface area contributed by atoms with Gasteiger partial charge in [0.1, 0.15) is 0 Å². The van der Waals surface area contributed by atoms with Gasteiger partial charge in [0, 0.05) is 36.3 Å². The van der Waals surface area contributed by atoms with Crippen molar-refractivity contribution in [3.05, 3.63) is 28.2 Å². The standard InChI is InChI=1S/C13H15BrN4O2/c14-8-1-2-10(11(15)5-8)12(19)17-3-4-18-9(7-17)6-16-13(18)20/h1-2,5,9H,3-4,6-7,15H2,(H,16,20). The van der Waals surface area contributed by atoms with Gasteiger partial charge in [-0.25, -0.2) is 4.79 Å². The van der Waals surface area contributed by atoms with E-state index in [0.29, 0.717) is 37.4 Å². The number of rotatable bonds is 1. The van der Waals surface area contributed by atoms with E-state index >= 15 is 0 Å². The highest BCUT2D eigenvalue weighted by Gasteiger charge is 2.37. The maximum absolute atomic E-state index is 12.5. The molecule has 0 aromatic heterocycles. The Morgan fingerprint density at radius 3 is 2.95 bits per heavy atom. The Hall–Kier alpha value is -1.76. The number of anilines is 1. The molecule has 3 amide bonds. The van der Waals surface area contributed by atoms with E-state index in [1.807, 2.05) is 0 Å². The van der Waals surface area contributed by atoms with Crippen LogP contribution in [0.2, 0.25) is 0 Å². The Bertz CT molecular complexity index is 577. The smallest absolute Gasteiger partial charge is 0.317 e. The largest absolute Gasteiger partial charge is 0.398 e. The third kappa shape index (κ3) is 2.22. The Kier molecular flexibility index (Phi) is 3.29. The summed E-state index contributed by atoms with van der Waals surface area (Å²) in [5.74, 6) is -0.0750. The molecule has 3 rings (SSSR count). The van der Waals surface area contributed by atoms with E-state index in [1.165, 1.54) is 0 Å². The summed E-state index contributed by atoms with van der Waals surface area (Å²) < 4.78 is 0.849. The zero-order valence-electron chi connectivity index (χ0n) is 10.8. The number of nitrogens with zero attached hydrogens (tertiary/aromatic N) is 2. The fraction of sp³-hybridized carbons (Fsp3) is 0.385. The predicted octanol–water partition coefficient (Wildman–Crippen LogP) is 0.881. The zero-order chi connectivity index (χ0) is 14.3. The van der Waals surface area contributed by atoms with Crippen LogP contribution >= 0.6 is 15.9 Å². The molecule has 1 unspecified atom stereocenters. The van der Waals surface area contributed by atoms with Crippen molar-refractivity contribution in [2.75, 3.05) is 31.9 Å². The molecule has 0 saturated carbocycles. The first kappa shape index (κ1) is 13.2. The van der Waals surface area contributed by atoms with Gasteiger partial charge in [0.05, 0.1) is 11.6 Å². The minimum atomic E-state index is -0.0750. The lowest BCUT2D eigenvalue weighted by Crippen LogP contribution is -2.53. The van der Waals surface area contributed by atoms with Gasteiger partial charge in [-0.2, -0.15) is 0 Å². The maximum Gasteiger partial charge on any atom is 0.317 e. The molecular formula is C13H15BrN4O2. The second-order valence-electron chi connectivity index (χ2n) is 5.02. The summed E-state index contributed by atoms with van der Waals surface area (Å²) in [5.41, 5.74) is 6.88. The molecule has 2 aliphatic rings. The van der Waals surface area contributed by atoms with Crippen molar-refractivity contribution in [1.29, 1.82) is 0 Å². The van der Waals surface area contributed by atoms with Crippen LogP contribution in [0.4, 0.5) is 10.5 Å². The number of carbonyl (C=O) groups is 2. The van der Waals surface area contributed by atoms with Gasteiger partial charge in [-0.1, -0.05) is 15.9 Å². The fourth-order valence-electron chi connectivity index (χ4n) is 2.69. The van der Waals surface area contributed by atoms with E-state index in [0.717, 1.165) is 4.47 Å². The van der Waals surface area contributed by atoms with Crippen LogP contribution in [0.1, 0.15) is 10.4 Å². The number of hydrogen-bond acceptors (Lipinski definition) is 3. The minimum Gasteiger partial charge on any atom is -0.398 e. The van der Waals surface area contributed by atoms with Crippen LogP contribution in [0.15, 0.2) is 22.7 Å². The summed E-state index contributed by atoms with van der Waals surface area (Å²) in [5, 5.41) is 2.80. The monoisotopic (exact) mass is 338 g/mol. The first-order chi connectivity index (χ1) is 9.56.